The summed E-state index contributed by atoms with van der Waals surface area (Å²) in [6.07, 6.45) is 5.27. The highest BCUT2D eigenvalue weighted by Crippen LogP contribution is 1.88. The summed E-state index contributed by atoms with van der Waals surface area (Å²) in [7, 11) is 0. The summed E-state index contributed by atoms with van der Waals surface area (Å²) in [5.74, 6) is -0.303. The number of thiocarbonyl (C=S) groups is 1. The Kier molecular flexibility index (Phi) is 1.30. The molecular formula is C5H2NOS. The maximum absolute atomic E-state index is 10.4. The zero-order valence-electron chi connectivity index (χ0n) is 3.92. The van der Waals surface area contributed by atoms with Gasteiger partial charge >= 0.3 is 0 Å². The summed E-state index contributed by atoms with van der Waals surface area (Å²) in [6.45, 7) is 0. The Balaban J connectivity index is 2.89. The van der Waals surface area contributed by atoms with Gasteiger partial charge in [-0.15, -0.1) is 0 Å². The molecule has 0 saturated carbocycles. The summed E-state index contributed by atoms with van der Waals surface area (Å²) in [5.41, 5.74) is 0. The number of rotatable bonds is 0. The summed E-state index contributed by atoms with van der Waals surface area (Å²) >= 11 is 4.50. The van der Waals surface area contributed by atoms with Crippen LogP contribution in [0.5, 0.6) is 0 Å². The van der Waals surface area contributed by atoms with E-state index in [0.717, 1.165) is 0 Å². The molecule has 2 nitrogen and oxygen atoms in total. The minimum absolute atomic E-state index is 0.0903. The van der Waals surface area contributed by atoms with Gasteiger partial charge in [-0.25, -0.2) is 4.99 Å². The van der Waals surface area contributed by atoms with Crippen LogP contribution in [0.25, 0.3) is 0 Å². The topological polar surface area (TPSA) is 29.4 Å². The second-order valence-electron chi connectivity index (χ2n) is 1.22. The van der Waals surface area contributed by atoms with Gasteiger partial charge in [-0.05, 0) is 6.08 Å². The lowest BCUT2D eigenvalue weighted by Gasteiger charge is -1.90. The van der Waals surface area contributed by atoms with Gasteiger partial charge in [0, 0.05) is 12.3 Å². The number of hydrogen-bond acceptors (Lipinski definition) is 2. The van der Waals surface area contributed by atoms with Crippen LogP contribution < -0.4 is 0 Å². The number of aliphatic imine (C=N–C) groups is 1. The van der Waals surface area contributed by atoms with Crippen LogP contribution in [0.2, 0.25) is 0 Å². The third-order valence-corrected chi connectivity index (χ3v) is 0.966. The third kappa shape index (κ3) is 0.869. The Morgan fingerprint density at radius 2 is 2.50 bits per heavy atom. The third-order valence-electron chi connectivity index (χ3n) is 0.675. The first-order valence-corrected chi connectivity index (χ1v) is 2.42. The van der Waals surface area contributed by atoms with E-state index in [2.05, 4.69) is 23.3 Å². The van der Waals surface area contributed by atoms with Gasteiger partial charge in [0.05, 0.1) is 0 Å². The fraction of sp³-hybridized carbons (Fsp3) is 0. The van der Waals surface area contributed by atoms with Crippen LogP contribution in [-0.4, -0.2) is 17.0 Å². The molecule has 1 heterocycles. The Morgan fingerprint density at radius 1 is 1.75 bits per heavy atom. The van der Waals surface area contributed by atoms with Crippen molar-refractivity contribution in [2.45, 2.75) is 0 Å². The quantitative estimate of drug-likeness (QED) is 0.435. The normalized spacial score (nSPS) is 17.5. The molecule has 1 aliphatic heterocycles. The Labute approximate surface area is 51.9 Å². The maximum Gasteiger partial charge on any atom is 0.223 e. The summed E-state index contributed by atoms with van der Waals surface area (Å²) in [5, 5.41) is 0. The van der Waals surface area contributed by atoms with Crippen molar-refractivity contribution in [2.24, 2.45) is 4.99 Å². The van der Waals surface area contributed by atoms with Crippen molar-refractivity contribution < 1.29 is 4.79 Å². The monoisotopic (exact) mass is 124 g/mol. The number of allylic oxidation sites excluding steroid dienone is 1. The molecule has 0 aromatic carbocycles. The van der Waals surface area contributed by atoms with Gasteiger partial charge in [0.2, 0.25) is 5.78 Å². The number of ketones is 1. The fourth-order valence-electron chi connectivity index (χ4n) is 0.338. The first-order chi connectivity index (χ1) is 3.80. The fourth-order valence-corrected chi connectivity index (χ4v) is 0.458. The van der Waals surface area contributed by atoms with E-state index in [1.165, 1.54) is 12.3 Å². The summed E-state index contributed by atoms with van der Waals surface area (Å²) in [4.78, 5) is 14.0. The van der Waals surface area contributed by atoms with E-state index in [4.69, 9.17) is 0 Å². The van der Waals surface area contributed by atoms with Crippen molar-refractivity contribution in [1.82, 2.24) is 0 Å². The van der Waals surface area contributed by atoms with E-state index in [9.17, 15) is 4.79 Å². The van der Waals surface area contributed by atoms with Crippen LogP contribution in [0.4, 0.5) is 0 Å². The number of Topliss-reactive ketones (excluding diaryl/α,β-unsaturated/α-hetero) is 1. The standard InChI is InChI=1S/C5H2NOS/c7-4-2-1-3-6-5(4)8/h1,3H. The van der Waals surface area contributed by atoms with E-state index in [-0.39, 0.29) is 10.8 Å². The molecular weight excluding hydrogens is 122 g/mol. The highest BCUT2D eigenvalue weighted by Gasteiger charge is 2.04. The summed E-state index contributed by atoms with van der Waals surface area (Å²) < 4.78 is 0. The van der Waals surface area contributed by atoms with E-state index in [1.54, 1.807) is 0 Å². The van der Waals surface area contributed by atoms with Gasteiger partial charge in [0.1, 0.15) is 0 Å². The van der Waals surface area contributed by atoms with Crippen molar-refractivity contribution in [3.05, 3.63) is 12.2 Å². The van der Waals surface area contributed by atoms with Crippen molar-refractivity contribution in [1.29, 1.82) is 0 Å². The molecule has 0 spiro atoms. The average molecular weight is 124 g/mol. The van der Waals surface area contributed by atoms with Gasteiger partial charge in [-0.3, -0.25) is 4.79 Å². The van der Waals surface area contributed by atoms with Crippen LogP contribution in [0, 0.1) is 6.08 Å². The lowest BCUT2D eigenvalue weighted by molar-refractivity contribution is -0.109. The minimum Gasteiger partial charge on any atom is -0.286 e. The molecule has 0 N–H and O–H groups in total. The first-order valence-electron chi connectivity index (χ1n) is 2.01. The van der Waals surface area contributed by atoms with E-state index < -0.39 is 0 Å². The van der Waals surface area contributed by atoms with Crippen molar-refractivity contribution >= 4 is 29.2 Å². The van der Waals surface area contributed by atoms with Crippen LogP contribution >= 0.6 is 12.2 Å². The molecule has 0 unspecified atom stereocenters. The smallest absolute Gasteiger partial charge is 0.223 e. The number of dihydropyridines is 1. The van der Waals surface area contributed by atoms with Crippen molar-refractivity contribution in [3.8, 4) is 0 Å². The van der Waals surface area contributed by atoms with Gasteiger partial charge in [0.25, 0.3) is 0 Å². The molecule has 1 aliphatic rings. The molecule has 8 heavy (non-hydrogen) atoms. The second-order valence-corrected chi connectivity index (χ2v) is 1.61. The van der Waals surface area contributed by atoms with Gasteiger partial charge < -0.3 is 0 Å². The molecule has 0 aromatic heterocycles. The lowest BCUT2D eigenvalue weighted by Crippen LogP contribution is -2.08. The molecule has 0 amide bonds. The SMILES string of the molecule is O=C1[C]=CC=NC1=S. The zero-order chi connectivity index (χ0) is 5.98. The van der Waals surface area contributed by atoms with E-state index >= 15 is 0 Å². The van der Waals surface area contributed by atoms with E-state index in [0.29, 0.717) is 0 Å². The molecule has 0 saturated heterocycles. The highest BCUT2D eigenvalue weighted by atomic mass is 32.1. The van der Waals surface area contributed by atoms with Crippen LogP contribution in [0.15, 0.2) is 11.1 Å². The Hall–Kier alpha value is -0.830. The molecule has 1 rings (SSSR count). The molecule has 3 heteroatoms. The lowest BCUT2D eigenvalue weighted by atomic mass is 10.3. The Morgan fingerprint density at radius 3 is 2.88 bits per heavy atom. The second kappa shape index (κ2) is 1.96. The van der Waals surface area contributed by atoms with Gasteiger partial charge in [-0.1, -0.05) is 12.2 Å². The molecule has 39 valence electrons. The first kappa shape index (κ1) is 5.31. The largest absolute Gasteiger partial charge is 0.286 e. The number of hydrogen-bond donors (Lipinski definition) is 0. The minimum atomic E-state index is -0.303. The van der Waals surface area contributed by atoms with Gasteiger partial charge in [0.15, 0.2) is 4.99 Å². The number of nitrogens with zero attached hydrogens (tertiary/aromatic N) is 1. The average Bonchev–Trinajstić information content (AvgIpc) is 1.77. The number of carbonyl (C=O) groups is 1. The Bertz CT molecular complexity index is 171. The number of carbonyl (C=O) groups excluding carboxylic acids is 1. The molecule has 0 bridgehead atoms. The highest BCUT2D eigenvalue weighted by molar-refractivity contribution is 7.82. The summed E-state index contributed by atoms with van der Waals surface area (Å²) in [6, 6.07) is 0. The molecule has 0 aromatic rings. The van der Waals surface area contributed by atoms with Crippen LogP contribution in [-0.2, 0) is 4.79 Å². The molecule has 0 aliphatic carbocycles. The molecule has 1 radical (unpaired) electrons. The predicted octanol–water partition coefficient (Wildman–Crippen LogP) is 0.327. The zero-order valence-corrected chi connectivity index (χ0v) is 4.73. The van der Waals surface area contributed by atoms with Crippen molar-refractivity contribution in [3.63, 3.8) is 0 Å². The van der Waals surface area contributed by atoms with Crippen LogP contribution in [0.3, 0.4) is 0 Å². The van der Waals surface area contributed by atoms with E-state index in [1.807, 2.05) is 0 Å². The molecule has 0 fully saturated rings. The predicted molar refractivity (Wildman–Crippen MR) is 33.9 cm³/mol. The van der Waals surface area contributed by atoms with Crippen molar-refractivity contribution in [2.75, 3.05) is 0 Å². The van der Waals surface area contributed by atoms with Gasteiger partial charge in [-0.2, -0.15) is 0 Å². The van der Waals surface area contributed by atoms with Crippen LogP contribution in [0.1, 0.15) is 0 Å². The maximum atomic E-state index is 10.4. The molecule has 0 atom stereocenters.